The zero-order chi connectivity index (χ0) is 14.8. The van der Waals surface area contributed by atoms with E-state index in [4.69, 9.17) is 4.42 Å². The molecule has 1 fully saturated rings. The molecule has 2 aromatic heterocycles. The first-order valence-electron chi connectivity index (χ1n) is 7.77. The van der Waals surface area contributed by atoms with E-state index in [0.717, 1.165) is 31.2 Å². The lowest BCUT2D eigenvalue weighted by molar-refractivity contribution is 0.193. The molecule has 1 aliphatic heterocycles. The molecule has 21 heavy (non-hydrogen) atoms. The van der Waals surface area contributed by atoms with Crippen LogP contribution in [0, 0.1) is 0 Å². The Bertz CT molecular complexity index is 587. The third kappa shape index (κ3) is 3.18. The van der Waals surface area contributed by atoms with Crippen molar-refractivity contribution in [3.8, 4) is 0 Å². The summed E-state index contributed by atoms with van der Waals surface area (Å²) in [5.74, 6) is 2.90. The van der Waals surface area contributed by atoms with Gasteiger partial charge >= 0.3 is 0 Å². The van der Waals surface area contributed by atoms with Crippen molar-refractivity contribution < 1.29 is 4.42 Å². The Morgan fingerprint density at radius 1 is 1.43 bits per heavy atom. The van der Waals surface area contributed by atoms with Gasteiger partial charge in [0, 0.05) is 44.4 Å². The normalized spacial score (nSPS) is 20.3. The standard InChI is InChI=1S/C16H24N4O/c1-12(2)16-18-14(11-21-16)10-20-7-4-5-13(9-20)15-17-6-8-19(15)3/h6,8,11-13H,4-5,7,9-10H2,1-3H3. The number of nitrogens with zero attached hydrogens (tertiary/aromatic N) is 4. The van der Waals surface area contributed by atoms with Gasteiger partial charge in [-0.3, -0.25) is 4.90 Å². The molecule has 0 bridgehead atoms. The molecule has 0 N–H and O–H groups in total. The molecule has 5 heteroatoms. The molecule has 3 rings (SSSR count). The first-order chi connectivity index (χ1) is 10.1. The Balaban J connectivity index is 1.64. The summed E-state index contributed by atoms with van der Waals surface area (Å²) in [5.41, 5.74) is 1.04. The third-order valence-electron chi connectivity index (χ3n) is 4.18. The maximum Gasteiger partial charge on any atom is 0.196 e. The van der Waals surface area contributed by atoms with Gasteiger partial charge in [0.2, 0.25) is 0 Å². The molecule has 0 aliphatic carbocycles. The summed E-state index contributed by atoms with van der Waals surface area (Å²) in [7, 11) is 2.08. The molecule has 3 heterocycles. The SMILES string of the molecule is CC(C)c1nc(CN2CCCC(c3nccn3C)C2)co1. The predicted octanol–water partition coefficient (Wildman–Crippen LogP) is 2.91. The summed E-state index contributed by atoms with van der Waals surface area (Å²) < 4.78 is 7.67. The van der Waals surface area contributed by atoms with E-state index >= 15 is 0 Å². The Kier molecular flexibility index (Phi) is 4.10. The summed E-state index contributed by atoms with van der Waals surface area (Å²) >= 11 is 0. The van der Waals surface area contributed by atoms with Crippen molar-refractivity contribution in [1.29, 1.82) is 0 Å². The predicted molar refractivity (Wildman–Crippen MR) is 81.1 cm³/mol. The maximum absolute atomic E-state index is 5.53. The Morgan fingerprint density at radius 3 is 2.95 bits per heavy atom. The van der Waals surface area contributed by atoms with Crippen LogP contribution in [0.15, 0.2) is 23.1 Å². The van der Waals surface area contributed by atoms with E-state index in [9.17, 15) is 0 Å². The number of aryl methyl sites for hydroxylation is 1. The van der Waals surface area contributed by atoms with Crippen molar-refractivity contribution in [2.75, 3.05) is 13.1 Å². The minimum atomic E-state index is 0.348. The first-order valence-corrected chi connectivity index (χ1v) is 7.77. The molecular weight excluding hydrogens is 264 g/mol. The van der Waals surface area contributed by atoms with Gasteiger partial charge in [0.1, 0.15) is 12.1 Å². The number of likely N-dealkylation sites (tertiary alicyclic amines) is 1. The number of hydrogen-bond acceptors (Lipinski definition) is 4. The minimum Gasteiger partial charge on any atom is -0.448 e. The lowest BCUT2D eigenvalue weighted by atomic mass is 9.97. The van der Waals surface area contributed by atoms with Crippen LogP contribution in [0.2, 0.25) is 0 Å². The molecule has 5 nitrogen and oxygen atoms in total. The second kappa shape index (κ2) is 6.02. The summed E-state index contributed by atoms with van der Waals surface area (Å²) in [5, 5.41) is 0. The van der Waals surface area contributed by atoms with Gasteiger partial charge in [-0.2, -0.15) is 0 Å². The Morgan fingerprint density at radius 2 is 2.29 bits per heavy atom. The van der Waals surface area contributed by atoms with Gasteiger partial charge in [-0.05, 0) is 19.4 Å². The average Bonchev–Trinajstić information content (AvgIpc) is 3.08. The van der Waals surface area contributed by atoms with E-state index < -0.39 is 0 Å². The Labute approximate surface area is 126 Å². The van der Waals surface area contributed by atoms with Crippen LogP contribution in [-0.4, -0.2) is 32.5 Å². The van der Waals surface area contributed by atoms with Crippen LogP contribution in [0.1, 0.15) is 55.9 Å². The molecule has 1 atom stereocenters. The van der Waals surface area contributed by atoms with Crippen molar-refractivity contribution in [3.63, 3.8) is 0 Å². The van der Waals surface area contributed by atoms with Crippen LogP contribution in [-0.2, 0) is 13.6 Å². The quantitative estimate of drug-likeness (QED) is 0.868. The van der Waals surface area contributed by atoms with E-state index in [2.05, 4.69) is 40.3 Å². The minimum absolute atomic E-state index is 0.348. The highest BCUT2D eigenvalue weighted by molar-refractivity contribution is 5.04. The molecule has 0 amide bonds. The van der Waals surface area contributed by atoms with Gasteiger partial charge in [0.15, 0.2) is 5.89 Å². The molecule has 0 radical (unpaired) electrons. The van der Waals surface area contributed by atoms with Crippen molar-refractivity contribution in [2.45, 2.75) is 45.1 Å². The molecule has 1 saturated heterocycles. The smallest absolute Gasteiger partial charge is 0.196 e. The topological polar surface area (TPSA) is 47.1 Å². The summed E-state index contributed by atoms with van der Waals surface area (Å²) in [6.07, 6.45) is 8.16. The van der Waals surface area contributed by atoms with Gasteiger partial charge in [0.25, 0.3) is 0 Å². The van der Waals surface area contributed by atoms with Crippen LogP contribution < -0.4 is 0 Å². The lowest BCUT2D eigenvalue weighted by Gasteiger charge is -2.31. The van der Waals surface area contributed by atoms with Gasteiger partial charge in [-0.1, -0.05) is 13.8 Å². The van der Waals surface area contributed by atoms with Crippen molar-refractivity contribution in [1.82, 2.24) is 19.4 Å². The first kappa shape index (κ1) is 14.3. The summed E-state index contributed by atoms with van der Waals surface area (Å²) in [6, 6.07) is 0. The third-order valence-corrected chi connectivity index (χ3v) is 4.18. The van der Waals surface area contributed by atoms with Gasteiger partial charge < -0.3 is 8.98 Å². The number of piperidine rings is 1. The van der Waals surface area contributed by atoms with E-state index in [-0.39, 0.29) is 0 Å². The number of oxazole rings is 1. The van der Waals surface area contributed by atoms with Crippen molar-refractivity contribution in [2.24, 2.45) is 7.05 Å². The fourth-order valence-corrected chi connectivity index (χ4v) is 3.07. The van der Waals surface area contributed by atoms with Gasteiger partial charge in [0.05, 0.1) is 5.69 Å². The second-order valence-electron chi connectivity index (χ2n) is 6.30. The zero-order valence-electron chi connectivity index (χ0n) is 13.1. The largest absolute Gasteiger partial charge is 0.448 e. The number of imidazole rings is 1. The fraction of sp³-hybridized carbons (Fsp3) is 0.625. The van der Waals surface area contributed by atoms with Crippen LogP contribution in [0.5, 0.6) is 0 Å². The lowest BCUT2D eigenvalue weighted by Crippen LogP contribution is -2.34. The molecule has 1 aliphatic rings. The molecule has 114 valence electrons. The average molecular weight is 288 g/mol. The van der Waals surface area contributed by atoms with E-state index in [1.165, 1.54) is 18.7 Å². The van der Waals surface area contributed by atoms with Crippen molar-refractivity contribution >= 4 is 0 Å². The number of aromatic nitrogens is 3. The fourth-order valence-electron chi connectivity index (χ4n) is 3.07. The van der Waals surface area contributed by atoms with Crippen LogP contribution >= 0.6 is 0 Å². The van der Waals surface area contributed by atoms with Gasteiger partial charge in [-0.25, -0.2) is 9.97 Å². The van der Waals surface area contributed by atoms with E-state index in [0.29, 0.717) is 11.8 Å². The van der Waals surface area contributed by atoms with E-state index in [1.807, 2.05) is 12.4 Å². The summed E-state index contributed by atoms with van der Waals surface area (Å²) in [4.78, 5) is 11.6. The van der Waals surface area contributed by atoms with Gasteiger partial charge in [-0.15, -0.1) is 0 Å². The molecule has 1 unspecified atom stereocenters. The maximum atomic E-state index is 5.53. The highest BCUT2D eigenvalue weighted by atomic mass is 16.3. The van der Waals surface area contributed by atoms with E-state index in [1.54, 1.807) is 6.26 Å². The highest BCUT2D eigenvalue weighted by Gasteiger charge is 2.24. The molecule has 0 spiro atoms. The zero-order valence-corrected chi connectivity index (χ0v) is 13.1. The van der Waals surface area contributed by atoms with Crippen molar-refractivity contribution in [3.05, 3.63) is 36.1 Å². The second-order valence-corrected chi connectivity index (χ2v) is 6.30. The Hall–Kier alpha value is -1.62. The molecule has 0 aromatic carbocycles. The monoisotopic (exact) mass is 288 g/mol. The number of hydrogen-bond donors (Lipinski definition) is 0. The van der Waals surface area contributed by atoms with Crippen LogP contribution in [0.3, 0.4) is 0 Å². The number of rotatable bonds is 4. The molecule has 0 saturated carbocycles. The van der Waals surface area contributed by atoms with Crippen LogP contribution in [0.4, 0.5) is 0 Å². The summed E-state index contributed by atoms with van der Waals surface area (Å²) in [6.45, 7) is 7.26. The molecular formula is C16H24N4O. The van der Waals surface area contributed by atoms with Crippen LogP contribution in [0.25, 0.3) is 0 Å². The highest BCUT2D eigenvalue weighted by Crippen LogP contribution is 2.26. The molecule has 2 aromatic rings.